The van der Waals surface area contributed by atoms with Gasteiger partial charge in [-0.15, -0.1) is 0 Å². The molecule has 1 aliphatic rings. The summed E-state index contributed by atoms with van der Waals surface area (Å²) in [6.07, 6.45) is 1.15. The van der Waals surface area contributed by atoms with E-state index >= 15 is 0 Å². The van der Waals surface area contributed by atoms with Crippen LogP contribution in [0.1, 0.15) is 20.3 Å². The molecule has 0 bridgehead atoms. The lowest BCUT2D eigenvalue weighted by molar-refractivity contribution is 0.201. The molecule has 0 spiro atoms. The normalized spacial score (nSPS) is 18.1. The number of nitrogens with one attached hydrogen (secondary N) is 1. The van der Waals surface area contributed by atoms with Gasteiger partial charge in [0, 0.05) is 38.4 Å². The molecule has 2 rings (SSSR count). The summed E-state index contributed by atoms with van der Waals surface area (Å²) in [5, 5.41) is 3.06. The Kier molecular flexibility index (Phi) is 5.27. The van der Waals surface area contributed by atoms with Crippen LogP contribution in [0.5, 0.6) is 0 Å². The summed E-state index contributed by atoms with van der Waals surface area (Å²) < 4.78 is 0. The number of benzene rings is 1. The summed E-state index contributed by atoms with van der Waals surface area (Å²) in [6.45, 7) is 8.44. The monoisotopic (exact) mass is 275 g/mol. The van der Waals surface area contributed by atoms with Crippen molar-refractivity contribution in [2.75, 3.05) is 37.6 Å². The highest BCUT2D eigenvalue weighted by Gasteiger charge is 2.23. The van der Waals surface area contributed by atoms with Crippen LogP contribution in [0.2, 0.25) is 0 Å². The van der Waals surface area contributed by atoms with Gasteiger partial charge in [0.15, 0.2) is 0 Å². The van der Waals surface area contributed by atoms with Gasteiger partial charge in [-0.2, -0.15) is 0 Å². The Hall–Kier alpha value is -1.71. The molecule has 0 radical (unpaired) electrons. The van der Waals surface area contributed by atoms with E-state index in [1.54, 1.807) is 0 Å². The van der Waals surface area contributed by atoms with Crippen molar-refractivity contribution < 1.29 is 4.79 Å². The minimum atomic E-state index is 0.0631. The second-order valence-electron chi connectivity index (χ2n) is 5.29. The van der Waals surface area contributed by atoms with Crippen LogP contribution in [-0.4, -0.2) is 43.7 Å². The van der Waals surface area contributed by atoms with Gasteiger partial charge in [0.2, 0.25) is 0 Å². The van der Waals surface area contributed by atoms with Crippen LogP contribution in [0.15, 0.2) is 30.3 Å². The van der Waals surface area contributed by atoms with E-state index in [4.69, 9.17) is 0 Å². The first-order valence-electron chi connectivity index (χ1n) is 7.57. The van der Waals surface area contributed by atoms with Gasteiger partial charge in [-0.1, -0.05) is 18.2 Å². The Balaban J connectivity index is 1.78. The number of hydrogen-bond donors (Lipinski definition) is 1. The maximum atomic E-state index is 11.9. The van der Waals surface area contributed by atoms with Crippen LogP contribution < -0.4 is 10.2 Å². The largest absolute Gasteiger partial charge is 0.371 e. The molecule has 20 heavy (non-hydrogen) atoms. The topological polar surface area (TPSA) is 35.6 Å². The van der Waals surface area contributed by atoms with E-state index in [0.29, 0.717) is 5.92 Å². The number of anilines is 1. The van der Waals surface area contributed by atoms with Crippen molar-refractivity contribution in [3.63, 3.8) is 0 Å². The van der Waals surface area contributed by atoms with Crippen LogP contribution in [0, 0.1) is 5.92 Å². The number of para-hydroxylation sites is 1. The Bertz CT molecular complexity index is 417. The minimum Gasteiger partial charge on any atom is -0.371 e. The van der Waals surface area contributed by atoms with Crippen molar-refractivity contribution >= 4 is 11.7 Å². The third-order valence-corrected chi connectivity index (χ3v) is 4.00. The van der Waals surface area contributed by atoms with Crippen molar-refractivity contribution in [2.45, 2.75) is 20.3 Å². The molecule has 110 valence electrons. The lowest BCUT2D eigenvalue weighted by atomic mass is 10.1. The first-order valence-corrected chi connectivity index (χ1v) is 7.57. The average Bonchev–Trinajstić information content (AvgIpc) is 2.96. The molecule has 1 aromatic rings. The molecule has 1 N–H and O–H groups in total. The molecule has 1 fully saturated rings. The van der Waals surface area contributed by atoms with Crippen molar-refractivity contribution in [3.05, 3.63) is 30.3 Å². The van der Waals surface area contributed by atoms with Gasteiger partial charge >= 0.3 is 6.03 Å². The third kappa shape index (κ3) is 3.65. The number of amides is 2. The Morgan fingerprint density at radius 3 is 2.65 bits per heavy atom. The molecule has 1 aliphatic heterocycles. The Morgan fingerprint density at radius 2 is 2.00 bits per heavy atom. The second kappa shape index (κ2) is 7.17. The summed E-state index contributed by atoms with van der Waals surface area (Å²) in [4.78, 5) is 16.1. The number of carbonyl (C=O) groups is 1. The molecule has 1 heterocycles. The molecule has 0 aliphatic carbocycles. The third-order valence-electron chi connectivity index (χ3n) is 4.00. The van der Waals surface area contributed by atoms with Crippen LogP contribution in [0.3, 0.4) is 0 Å². The molecule has 4 nitrogen and oxygen atoms in total. The minimum absolute atomic E-state index is 0.0631. The molecular weight excluding hydrogens is 250 g/mol. The summed E-state index contributed by atoms with van der Waals surface area (Å²) in [6, 6.07) is 10.6. The van der Waals surface area contributed by atoms with Gasteiger partial charge in [0.05, 0.1) is 0 Å². The van der Waals surface area contributed by atoms with E-state index in [0.717, 1.165) is 39.1 Å². The lowest BCUT2D eigenvalue weighted by Gasteiger charge is -2.21. The Morgan fingerprint density at radius 1 is 1.30 bits per heavy atom. The summed E-state index contributed by atoms with van der Waals surface area (Å²) >= 11 is 0. The Labute approximate surface area is 121 Å². The fraction of sp³-hybridized carbons (Fsp3) is 0.562. The highest BCUT2D eigenvalue weighted by atomic mass is 16.2. The number of nitrogens with zero attached hydrogens (tertiary/aromatic N) is 2. The van der Waals surface area contributed by atoms with Gasteiger partial charge in [-0.05, 0) is 38.3 Å². The first kappa shape index (κ1) is 14.7. The molecule has 1 saturated heterocycles. The summed E-state index contributed by atoms with van der Waals surface area (Å²) in [5.74, 6) is 0.551. The maximum absolute atomic E-state index is 11.9. The smallest absolute Gasteiger partial charge is 0.317 e. The molecule has 4 heteroatoms. The molecule has 2 amide bonds. The van der Waals surface area contributed by atoms with Gasteiger partial charge in [-0.3, -0.25) is 0 Å². The maximum Gasteiger partial charge on any atom is 0.317 e. The standard InChI is InChI=1S/C16H25N3O/c1-3-18(4-2)16(20)17-12-14-10-11-19(13-14)15-8-6-5-7-9-15/h5-9,14H,3-4,10-13H2,1-2H3,(H,17,20). The second-order valence-corrected chi connectivity index (χ2v) is 5.29. The number of hydrogen-bond acceptors (Lipinski definition) is 2. The van der Waals surface area contributed by atoms with E-state index in [2.05, 4.69) is 34.5 Å². The van der Waals surface area contributed by atoms with Crippen molar-refractivity contribution in [1.82, 2.24) is 10.2 Å². The van der Waals surface area contributed by atoms with Crippen molar-refractivity contribution in [3.8, 4) is 0 Å². The quantitative estimate of drug-likeness (QED) is 0.896. The van der Waals surface area contributed by atoms with E-state index in [9.17, 15) is 4.79 Å². The number of rotatable bonds is 5. The molecule has 0 saturated carbocycles. The van der Waals surface area contributed by atoms with Crippen LogP contribution in [-0.2, 0) is 0 Å². The molecule has 1 atom stereocenters. The van der Waals surface area contributed by atoms with Gasteiger partial charge < -0.3 is 15.1 Å². The van der Waals surface area contributed by atoms with E-state index in [1.165, 1.54) is 5.69 Å². The van der Waals surface area contributed by atoms with E-state index < -0.39 is 0 Å². The lowest BCUT2D eigenvalue weighted by Crippen LogP contribution is -2.42. The molecule has 0 aromatic heterocycles. The highest BCUT2D eigenvalue weighted by molar-refractivity contribution is 5.74. The zero-order chi connectivity index (χ0) is 14.4. The zero-order valence-electron chi connectivity index (χ0n) is 12.5. The zero-order valence-corrected chi connectivity index (χ0v) is 12.5. The first-order chi connectivity index (χ1) is 9.74. The van der Waals surface area contributed by atoms with Crippen LogP contribution in [0.4, 0.5) is 10.5 Å². The van der Waals surface area contributed by atoms with Gasteiger partial charge in [0.25, 0.3) is 0 Å². The van der Waals surface area contributed by atoms with Crippen LogP contribution >= 0.6 is 0 Å². The van der Waals surface area contributed by atoms with E-state index in [-0.39, 0.29) is 6.03 Å². The van der Waals surface area contributed by atoms with Gasteiger partial charge in [0.1, 0.15) is 0 Å². The molecule has 1 aromatic carbocycles. The fourth-order valence-corrected chi connectivity index (χ4v) is 2.73. The number of carbonyl (C=O) groups excluding carboxylic acids is 1. The SMILES string of the molecule is CCN(CC)C(=O)NCC1CCN(c2ccccc2)C1. The predicted molar refractivity (Wildman–Crippen MR) is 83.1 cm³/mol. The highest BCUT2D eigenvalue weighted by Crippen LogP contribution is 2.22. The molecular formula is C16H25N3O. The van der Waals surface area contributed by atoms with Crippen LogP contribution in [0.25, 0.3) is 0 Å². The molecule has 1 unspecified atom stereocenters. The van der Waals surface area contributed by atoms with Crippen molar-refractivity contribution in [2.24, 2.45) is 5.92 Å². The fourth-order valence-electron chi connectivity index (χ4n) is 2.73. The van der Waals surface area contributed by atoms with Crippen molar-refractivity contribution in [1.29, 1.82) is 0 Å². The van der Waals surface area contributed by atoms with Gasteiger partial charge in [-0.25, -0.2) is 4.79 Å². The number of urea groups is 1. The predicted octanol–water partition coefficient (Wildman–Crippen LogP) is 2.56. The average molecular weight is 275 g/mol. The van der Waals surface area contributed by atoms with E-state index in [1.807, 2.05) is 24.8 Å². The summed E-state index contributed by atoms with van der Waals surface area (Å²) in [7, 11) is 0. The summed E-state index contributed by atoms with van der Waals surface area (Å²) in [5.41, 5.74) is 1.28.